The van der Waals surface area contributed by atoms with Crippen LogP contribution in [0.1, 0.15) is 5.56 Å². The number of fused-ring (bicyclic) bond motifs is 2. The number of aromatic nitrogens is 2. The molecule has 2 heterocycles. The van der Waals surface area contributed by atoms with E-state index >= 15 is 0 Å². The molecule has 5 rings (SSSR count). The molecule has 3 aromatic carbocycles. The zero-order valence-electron chi connectivity index (χ0n) is 16.3. The highest BCUT2D eigenvalue weighted by atomic mass is 35.5. The molecule has 5 heteroatoms. The van der Waals surface area contributed by atoms with Gasteiger partial charge in [0.15, 0.2) is 0 Å². The first-order valence-corrected chi connectivity index (χ1v) is 10.3. The van der Waals surface area contributed by atoms with Gasteiger partial charge in [-0.05, 0) is 60.5 Å². The Morgan fingerprint density at radius 1 is 0.867 bits per heavy atom. The molecule has 0 radical (unpaired) electrons. The van der Waals surface area contributed by atoms with Crippen LogP contribution in [-0.4, -0.2) is 16.5 Å². The summed E-state index contributed by atoms with van der Waals surface area (Å²) in [6, 6.07) is 24.5. The van der Waals surface area contributed by atoms with Crippen molar-refractivity contribution in [2.45, 2.75) is 6.42 Å². The van der Waals surface area contributed by atoms with E-state index in [1.54, 1.807) is 0 Å². The Bertz CT molecular complexity index is 1300. The Labute approximate surface area is 179 Å². The van der Waals surface area contributed by atoms with Gasteiger partial charge in [0.05, 0.1) is 5.52 Å². The van der Waals surface area contributed by atoms with Crippen molar-refractivity contribution in [1.82, 2.24) is 9.97 Å². The van der Waals surface area contributed by atoms with Crippen molar-refractivity contribution in [2.24, 2.45) is 0 Å². The summed E-state index contributed by atoms with van der Waals surface area (Å²) in [7, 11) is 0. The summed E-state index contributed by atoms with van der Waals surface area (Å²) in [5.41, 5.74) is 6.56. The number of benzene rings is 3. The number of H-pyrrole nitrogens is 1. The molecule has 0 amide bonds. The first kappa shape index (κ1) is 18.5. The van der Waals surface area contributed by atoms with E-state index in [1.807, 2.05) is 42.6 Å². The van der Waals surface area contributed by atoms with Gasteiger partial charge in [0.2, 0.25) is 0 Å². The number of hydrogen-bond acceptors (Lipinski definition) is 3. The van der Waals surface area contributed by atoms with Crippen molar-refractivity contribution in [3.05, 3.63) is 95.8 Å². The Hall–Kier alpha value is -3.50. The normalized spacial score (nSPS) is 11.1. The van der Waals surface area contributed by atoms with E-state index in [1.165, 1.54) is 10.9 Å². The van der Waals surface area contributed by atoms with Gasteiger partial charge in [-0.3, -0.25) is 4.98 Å². The monoisotopic (exact) mass is 412 g/mol. The summed E-state index contributed by atoms with van der Waals surface area (Å²) in [5, 5.41) is 10.1. The zero-order chi connectivity index (χ0) is 20.3. The summed E-state index contributed by atoms with van der Waals surface area (Å²) in [6.45, 7) is 0.858. The molecule has 0 unspecified atom stereocenters. The first-order valence-electron chi connectivity index (χ1n) is 9.96. The van der Waals surface area contributed by atoms with E-state index in [0.717, 1.165) is 51.5 Å². The van der Waals surface area contributed by atoms with Crippen molar-refractivity contribution in [3.8, 4) is 0 Å². The molecule has 0 bridgehead atoms. The van der Waals surface area contributed by atoms with Crippen molar-refractivity contribution < 1.29 is 0 Å². The predicted octanol–water partition coefficient (Wildman–Crippen LogP) is 6.77. The highest BCUT2D eigenvalue weighted by molar-refractivity contribution is 6.31. The third kappa shape index (κ3) is 3.82. The van der Waals surface area contributed by atoms with Crippen molar-refractivity contribution in [2.75, 3.05) is 17.2 Å². The lowest BCUT2D eigenvalue weighted by atomic mass is 10.1. The fraction of sp³-hybridized carbons (Fsp3) is 0.0800. The van der Waals surface area contributed by atoms with Crippen LogP contribution in [0.2, 0.25) is 5.02 Å². The van der Waals surface area contributed by atoms with Gasteiger partial charge < -0.3 is 15.6 Å². The molecule has 2 aromatic heterocycles. The molecule has 0 saturated carbocycles. The van der Waals surface area contributed by atoms with Crippen molar-refractivity contribution in [3.63, 3.8) is 0 Å². The topological polar surface area (TPSA) is 52.7 Å². The molecule has 4 nitrogen and oxygen atoms in total. The van der Waals surface area contributed by atoms with Crippen LogP contribution >= 0.6 is 11.6 Å². The van der Waals surface area contributed by atoms with Crippen LogP contribution in [0.3, 0.4) is 0 Å². The van der Waals surface area contributed by atoms with Gasteiger partial charge in [0.1, 0.15) is 0 Å². The molecule has 0 saturated heterocycles. The average molecular weight is 413 g/mol. The molecular weight excluding hydrogens is 392 g/mol. The maximum Gasteiger partial charge on any atom is 0.0722 e. The number of hydrogen-bond donors (Lipinski definition) is 3. The van der Waals surface area contributed by atoms with Gasteiger partial charge in [-0.1, -0.05) is 35.9 Å². The second-order valence-corrected chi connectivity index (χ2v) is 7.70. The molecule has 5 aromatic rings. The molecule has 30 heavy (non-hydrogen) atoms. The number of rotatable bonds is 6. The lowest BCUT2D eigenvalue weighted by molar-refractivity contribution is 1.03. The SMILES string of the molecule is Clc1ccc2c(CCNc3ccc(Nc4ccnc5ccccc45)cc3)c[nH]c2c1. The van der Waals surface area contributed by atoms with Crippen molar-refractivity contribution >= 4 is 50.5 Å². The minimum atomic E-state index is 0.752. The minimum Gasteiger partial charge on any atom is -0.385 e. The molecule has 0 atom stereocenters. The zero-order valence-corrected chi connectivity index (χ0v) is 17.1. The maximum absolute atomic E-state index is 6.06. The van der Waals surface area contributed by atoms with Gasteiger partial charge >= 0.3 is 0 Å². The number of para-hydroxylation sites is 1. The average Bonchev–Trinajstić information content (AvgIpc) is 3.17. The van der Waals surface area contributed by atoms with Crippen molar-refractivity contribution in [1.29, 1.82) is 0 Å². The van der Waals surface area contributed by atoms with Crippen LogP contribution in [0.5, 0.6) is 0 Å². The van der Waals surface area contributed by atoms with Crippen LogP contribution < -0.4 is 10.6 Å². The Balaban J connectivity index is 1.23. The summed E-state index contributed by atoms with van der Waals surface area (Å²) < 4.78 is 0. The van der Waals surface area contributed by atoms with Gasteiger partial charge in [-0.25, -0.2) is 0 Å². The highest BCUT2D eigenvalue weighted by Gasteiger charge is 2.05. The Morgan fingerprint density at radius 3 is 2.60 bits per heavy atom. The Kier molecular flexibility index (Phi) is 4.99. The largest absolute Gasteiger partial charge is 0.385 e. The summed E-state index contributed by atoms with van der Waals surface area (Å²) in [4.78, 5) is 7.71. The molecule has 0 aliphatic carbocycles. The lowest BCUT2D eigenvalue weighted by Crippen LogP contribution is -2.04. The molecule has 0 aliphatic heterocycles. The van der Waals surface area contributed by atoms with Crippen LogP contribution in [0.4, 0.5) is 17.1 Å². The smallest absolute Gasteiger partial charge is 0.0722 e. The fourth-order valence-corrected chi connectivity index (χ4v) is 3.91. The number of halogens is 1. The Morgan fingerprint density at radius 2 is 1.70 bits per heavy atom. The number of nitrogens with one attached hydrogen (secondary N) is 3. The fourth-order valence-electron chi connectivity index (χ4n) is 3.74. The molecule has 148 valence electrons. The standard InChI is InChI=1S/C25H21ClN4/c26-18-5-10-21-17(16-29-25(21)15-18)11-13-27-19-6-8-20(9-7-19)30-24-12-14-28-23-4-2-1-3-22(23)24/h1-10,12,14-16,27,29H,11,13H2,(H,28,30). The first-order chi connectivity index (χ1) is 14.8. The van der Waals surface area contributed by atoms with Gasteiger partial charge in [0.25, 0.3) is 0 Å². The van der Waals surface area contributed by atoms with E-state index in [0.29, 0.717) is 0 Å². The summed E-state index contributed by atoms with van der Waals surface area (Å²) in [5.74, 6) is 0. The van der Waals surface area contributed by atoms with E-state index in [2.05, 4.69) is 63.2 Å². The number of aromatic amines is 1. The van der Waals surface area contributed by atoms with Crippen LogP contribution in [0.15, 0.2) is 85.2 Å². The number of nitrogens with zero attached hydrogens (tertiary/aromatic N) is 1. The minimum absolute atomic E-state index is 0.752. The molecule has 0 aliphatic rings. The van der Waals surface area contributed by atoms with E-state index < -0.39 is 0 Å². The maximum atomic E-state index is 6.06. The second-order valence-electron chi connectivity index (χ2n) is 7.26. The summed E-state index contributed by atoms with van der Waals surface area (Å²) in [6.07, 6.45) is 4.83. The third-order valence-corrected chi connectivity index (χ3v) is 5.50. The third-order valence-electron chi connectivity index (χ3n) is 5.27. The van der Waals surface area contributed by atoms with Gasteiger partial charge in [-0.15, -0.1) is 0 Å². The van der Waals surface area contributed by atoms with E-state index in [4.69, 9.17) is 11.6 Å². The number of anilines is 3. The number of pyridine rings is 1. The highest BCUT2D eigenvalue weighted by Crippen LogP contribution is 2.26. The molecule has 0 fully saturated rings. The molecule has 3 N–H and O–H groups in total. The quantitative estimate of drug-likeness (QED) is 0.288. The summed E-state index contributed by atoms with van der Waals surface area (Å²) >= 11 is 6.06. The predicted molar refractivity (Wildman–Crippen MR) is 127 cm³/mol. The molecule has 0 spiro atoms. The van der Waals surface area contributed by atoms with Crippen LogP contribution in [-0.2, 0) is 6.42 Å². The molecular formula is C25H21ClN4. The van der Waals surface area contributed by atoms with Crippen LogP contribution in [0.25, 0.3) is 21.8 Å². The lowest BCUT2D eigenvalue weighted by Gasteiger charge is -2.11. The van der Waals surface area contributed by atoms with Crippen LogP contribution in [0, 0.1) is 0 Å². The second kappa shape index (κ2) is 8.09. The van der Waals surface area contributed by atoms with Gasteiger partial charge in [0, 0.05) is 57.3 Å². The van der Waals surface area contributed by atoms with E-state index in [-0.39, 0.29) is 0 Å². The van der Waals surface area contributed by atoms with Gasteiger partial charge in [-0.2, -0.15) is 0 Å². The van der Waals surface area contributed by atoms with E-state index in [9.17, 15) is 0 Å².